The summed E-state index contributed by atoms with van der Waals surface area (Å²) in [5, 5.41) is 2.98. The highest BCUT2D eigenvalue weighted by molar-refractivity contribution is 5.95. The molecule has 0 radical (unpaired) electrons. The van der Waals surface area contributed by atoms with Crippen LogP contribution in [0.15, 0.2) is 18.2 Å². The van der Waals surface area contributed by atoms with Gasteiger partial charge in [0.2, 0.25) is 0 Å². The van der Waals surface area contributed by atoms with Crippen LogP contribution in [0.2, 0.25) is 0 Å². The highest BCUT2D eigenvalue weighted by Crippen LogP contribution is 2.28. The molecule has 1 unspecified atom stereocenters. The Hall–Kier alpha value is -1.75. The lowest BCUT2D eigenvalue weighted by Gasteiger charge is -2.19. The smallest absolute Gasteiger partial charge is 0.251 e. The predicted octanol–water partition coefficient (Wildman–Crippen LogP) is 2.98. The second-order valence-corrected chi connectivity index (χ2v) is 6.10. The van der Waals surface area contributed by atoms with Crippen LogP contribution in [0.5, 0.6) is 11.5 Å². The lowest BCUT2D eigenvalue weighted by Crippen LogP contribution is -2.41. The first kappa shape index (κ1) is 19.3. The molecule has 0 saturated heterocycles. The largest absolute Gasteiger partial charge is 0.493 e. The fourth-order valence-corrected chi connectivity index (χ4v) is 2.31. The number of benzene rings is 1. The van der Waals surface area contributed by atoms with Crippen molar-refractivity contribution in [2.75, 3.05) is 20.3 Å². The third-order valence-electron chi connectivity index (χ3n) is 3.56. The van der Waals surface area contributed by atoms with Crippen molar-refractivity contribution in [3.63, 3.8) is 0 Å². The Morgan fingerprint density at radius 3 is 2.61 bits per heavy atom. The van der Waals surface area contributed by atoms with Crippen LogP contribution in [-0.2, 0) is 0 Å². The number of carbonyl (C=O) groups is 1. The quantitative estimate of drug-likeness (QED) is 0.650. The molecule has 0 aliphatic carbocycles. The third kappa shape index (κ3) is 6.48. The average Bonchev–Trinajstić information content (AvgIpc) is 2.54. The van der Waals surface area contributed by atoms with Crippen LogP contribution in [0, 0.1) is 5.92 Å². The highest BCUT2D eigenvalue weighted by Gasteiger charge is 2.16. The normalized spacial score (nSPS) is 12.1. The number of methoxy groups -OCH3 is 1. The van der Waals surface area contributed by atoms with Gasteiger partial charge in [-0.2, -0.15) is 0 Å². The molecule has 130 valence electrons. The number of ether oxygens (including phenoxy) is 2. The summed E-state index contributed by atoms with van der Waals surface area (Å²) in [6, 6.07) is 5.22. The summed E-state index contributed by atoms with van der Waals surface area (Å²) in [7, 11) is 1.57. The van der Waals surface area contributed by atoms with E-state index in [1.54, 1.807) is 25.3 Å². The minimum absolute atomic E-state index is 0.0195. The first-order valence-corrected chi connectivity index (χ1v) is 8.33. The van der Waals surface area contributed by atoms with Gasteiger partial charge in [0.15, 0.2) is 11.5 Å². The summed E-state index contributed by atoms with van der Waals surface area (Å²) in [4.78, 5) is 12.4. The summed E-state index contributed by atoms with van der Waals surface area (Å²) in [6.45, 7) is 7.40. The van der Waals surface area contributed by atoms with Crippen molar-refractivity contribution in [3.05, 3.63) is 23.8 Å². The number of unbranched alkanes of at least 4 members (excludes halogenated alkanes) is 1. The molecule has 0 saturated carbocycles. The number of carbonyl (C=O) groups excluding carboxylic acids is 1. The van der Waals surface area contributed by atoms with E-state index in [1.807, 2.05) is 0 Å². The summed E-state index contributed by atoms with van der Waals surface area (Å²) < 4.78 is 11.0. The third-order valence-corrected chi connectivity index (χ3v) is 3.56. The maximum Gasteiger partial charge on any atom is 0.251 e. The molecule has 0 bridgehead atoms. The Morgan fingerprint density at radius 1 is 1.30 bits per heavy atom. The maximum atomic E-state index is 12.4. The summed E-state index contributed by atoms with van der Waals surface area (Å²) in [5.41, 5.74) is 6.28. The van der Waals surface area contributed by atoms with Crippen LogP contribution >= 0.6 is 0 Å². The molecule has 0 aromatic heterocycles. The van der Waals surface area contributed by atoms with Crippen molar-refractivity contribution in [1.82, 2.24) is 5.32 Å². The van der Waals surface area contributed by atoms with E-state index in [1.165, 1.54) is 0 Å². The van der Waals surface area contributed by atoms with Gasteiger partial charge in [0, 0.05) is 18.2 Å². The second-order valence-electron chi connectivity index (χ2n) is 6.10. The first-order chi connectivity index (χ1) is 11.0. The van der Waals surface area contributed by atoms with Crippen LogP contribution in [0.4, 0.5) is 0 Å². The van der Waals surface area contributed by atoms with Gasteiger partial charge in [-0.3, -0.25) is 4.79 Å². The molecular formula is C18H30N2O3. The molecule has 1 atom stereocenters. The minimum atomic E-state index is -0.139. The lowest BCUT2D eigenvalue weighted by molar-refractivity contribution is 0.0933. The number of amides is 1. The van der Waals surface area contributed by atoms with Gasteiger partial charge in [-0.1, -0.05) is 27.2 Å². The standard InChI is InChI=1S/C18H30N2O3/c1-5-6-9-23-16-8-7-14(11-17(16)22-4)18(21)20-15(12-19)10-13(2)3/h7-8,11,13,15H,5-6,9-10,12,19H2,1-4H3,(H,20,21). The Balaban J connectivity index is 2.77. The van der Waals surface area contributed by atoms with Crippen molar-refractivity contribution < 1.29 is 14.3 Å². The number of nitrogens with two attached hydrogens (primary N) is 1. The summed E-state index contributed by atoms with van der Waals surface area (Å²) >= 11 is 0. The van der Waals surface area contributed by atoms with E-state index in [0.29, 0.717) is 36.1 Å². The zero-order valence-corrected chi connectivity index (χ0v) is 14.7. The maximum absolute atomic E-state index is 12.4. The van der Waals surface area contributed by atoms with Crippen molar-refractivity contribution >= 4 is 5.91 Å². The van der Waals surface area contributed by atoms with Gasteiger partial charge < -0.3 is 20.5 Å². The Kier molecular flexibility index (Phi) is 8.48. The van der Waals surface area contributed by atoms with Crippen molar-refractivity contribution in [2.24, 2.45) is 11.7 Å². The van der Waals surface area contributed by atoms with E-state index in [-0.39, 0.29) is 11.9 Å². The average molecular weight is 322 g/mol. The van der Waals surface area contributed by atoms with Gasteiger partial charge in [-0.05, 0) is 37.0 Å². The Labute approximate surface area is 139 Å². The van der Waals surface area contributed by atoms with Crippen molar-refractivity contribution in [1.29, 1.82) is 0 Å². The lowest BCUT2D eigenvalue weighted by atomic mass is 10.0. The van der Waals surface area contributed by atoms with E-state index >= 15 is 0 Å². The fourth-order valence-electron chi connectivity index (χ4n) is 2.31. The second kappa shape index (κ2) is 10.1. The number of hydrogen-bond donors (Lipinski definition) is 2. The van der Waals surface area contributed by atoms with Gasteiger partial charge >= 0.3 is 0 Å². The molecule has 3 N–H and O–H groups in total. The Morgan fingerprint density at radius 2 is 2.04 bits per heavy atom. The van der Waals surface area contributed by atoms with Crippen LogP contribution < -0.4 is 20.5 Å². The molecular weight excluding hydrogens is 292 g/mol. The number of nitrogens with one attached hydrogen (secondary N) is 1. The molecule has 0 spiro atoms. The highest BCUT2D eigenvalue weighted by atomic mass is 16.5. The molecule has 23 heavy (non-hydrogen) atoms. The van der Waals surface area contributed by atoms with E-state index < -0.39 is 0 Å². The first-order valence-electron chi connectivity index (χ1n) is 8.33. The van der Waals surface area contributed by atoms with Gasteiger partial charge in [0.1, 0.15) is 0 Å². The topological polar surface area (TPSA) is 73.6 Å². The SMILES string of the molecule is CCCCOc1ccc(C(=O)NC(CN)CC(C)C)cc1OC. The zero-order chi connectivity index (χ0) is 17.2. The minimum Gasteiger partial charge on any atom is -0.493 e. The molecule has 0 heterocycles. The van der Waals surface area contributed by atoms with Gasteiger partial charge in [-0.25, -0.2) is 0 Å². The molecule has 1 amide bonds. The fraction of sp³-hybridized carbons (Fsp3) is 0.611. The molecule has 0 aliphatic heterocycles. The number of rotatable bonds is 10. The van der Waals surface area contributed by atoms with Crippen molar-refractivity contribution in [3.8, 4) is 11.5 Å². The summed E-state index contributed by atoms with van der Waals surface area (Å²) in [6.07, 6.45) is 2.91. The van der Waals surface area contributed by atoms with Crippen LogP contribution in [0.3, 0.4) is 0 Å². The molecule has 1 aromatic carbocycles. The van der Waals surface area contributed by atoms with E-state index in [2.05, 4.69) is 26.1 Å². The van der Waals surface area contributed by atoms with Crippen molar-refractivity contribution in [2.45, 2.75) is 46.1 Å². The molecule has 0 aliphatic rings. The number of hydrogen-bond acceptors (Lipinski definition) is 4. The van der Waals surface area contributed by atoms with Gasteiger partial charge in [0.25, 0.3) is 5.91 Å². The van der Waals surface area contributed by atoms with E-state index in [4.69, 9.17) is 15.2 Å². The van der Waals surface area contributed by atoms with Gasteiger partial charge in [0.05, 0.1) is 13.7 Å². The monoisotopic (exact) mass is 322 g/mol. The predicted molar refractivity (Wildman–Crippen MR) is 93.2 cm³/mol. The Bertz CT molecular complexity index is 489. The van der Waals surface area contributed by atoms with Gasteiger partial charge in [-0.15, -0.1) is 0 Å². The van der Waals surface area contributed by atoms with Crippen LogP contribution in [0.25, 0.3) is 0 Å². The van der Waals surface area contributed by atoms with E-state index in [0.717, 1.165) is 19.3 Å². The van der Waals surface area contributed by atoms with Crippen LogP contribution in [0.1, 0.15) is 50.4 Å². The zero-order valence-electron chi connectivity index (χ0n) is 14.7. The molecule has 5 nitrogen and oxygen atoms in total. The molecule has 1 aromatic rings. The van der Waals surface area contributed by atoms with E-state index in [9.17, 15) is 4.79 Å². The molecule has 5 heteroatoms. The summed E-state index contributed by atoms with van der Waals surface area (Å²) in [5.74, 6) is 1.57. The molecule has 0 fully saturated rings. The van der Waals surface area contributed by atoms with Crippen LogP contribution in [-0.4, -0.2) is 32.2 Å². The molecule has 1 rings (SSSR count).